The molecular weight excluding hydrogens is 840 g/mol. The van der Waals surface area contributed by atoms with Crippen molar-refractivity contribution in [2.75, 3.05) is 34.8 Å². The number of para-hydroxylation sites is 2. The van der Waals surface area contributed by atoms with Crippen LogP contribution in [-0.4, -0.2) is 75.0 Å². The molecule has 8 aromatic rings. The standard InChI is InChI=1S/C24H25N7O.C13H12ClN5.C11H14N2O/c1-14-5-4-6-15(2)21(14)27-22-20-12-25-24(28-23(20)30-29-22)26-19-8-7-17-9-10-31(16(3)32)13-18(17)11-19;1-7-4-3-5-8(2)10(7)16-11-9-6-15-13(14)17-12(9)19-18-11;1-8(14)13-5-4-9-2-3-11(12)6-10(9)7-13/h4-8,11-12H,9-10,13H2,1-3H3,(H3,25,26,27,28,29,30);3-6H,1-2H3,(H2,15,16,17,18,19);2-3,6H,4-5,7,12H2,1H3. The number of nitrogens with one attached hydrogen (secondary N) is 5. The van der Waals surface area contributed by atoms with Crippen molar-refractivity contribution in [3.05, 3.63) is 135 Å². The molecule has 16 nitrogen and oxygen atoms in total. The highest BCUT2D eigenvalue weighted by atomic mass is 35.5. The van der Waals surface area contributed by atoms with E-state index >= 15 is 0 Å². The fourth-order valence-corrected chi connectivity index (χ4v) is 8.12. The van der Waals surface area contributed by atoms with E-state index in [9.17, 15) is 9.59 Å². The molecule has 2 amide bonds. The van der Waals surface area contributed by atoms with E-state index in [2.05, 4.69) is 126 Å². The summed E-state index contributed by atoms with van der Waals surface area (Å²) >= 11 is 5.74. The maximum Gasteiger partial charge on any atom is 0.229 e. The molecule has 10 rings (SSSR count). The topological polar surface area (TPSA) is 212 Å². The van der Waals surface area contributed by atoms with Crippen LogP contribution >= 0.6 is 11.6 Å². The summed E-state index contributed by atoms with van der Waals surface area (Å²) in [6, 6.07) is 24.5. The lowest BCUT2D eigenvalue weighted by molar-refractivity contribution is -0.130. The number of aryl methyl sites for hydroxylation is 4. The quantitative estimate of drug-likeness (QED) is 0.0683. The predicted molar refractivity (Wildman–Crippen MR) is 257 cm³/mol. The van der Waals surface area contributed by atoms with Gasteiger partial charge in [-0.25, -0.2) is 9.97 Å². The highest BCUT2D eigenvalue weighted by Gasteiger charge is 2.20. The molecule has 0 fully saturated rings. The van der Waals surface area contributed by atoms with Gasteiger partial charge in [-0.3, -0.25) is 19.8 Å². The van der Waals surface area contributed by atoms with Gasteiger partial charge in [-0.05, 0) is 121 Å². The molecule has 0 aliphatic carbocycles. The van der Waals surface area contributed by atoms with Crippen molar-refractivity contribution >= 4 is 85.8 Å². The lowest BCUT2D eigenvalue weighted by Gasteiger charge is -2.28. The van der Waals surface area contributed by atoms with Gasteiger partial charge in [0.2, 0.25) is 23.0 Å². The minimum Gasteiger partial charge on any atom is -0.399 e. The number of anilines is 7. The molecule has 332 valence electrons. The molecule has 6 heterocycles. The number of carbonyl (C=O) groups is 2. The van der Waals surface area contributed by atoms with Gasteiger partial charge in [0, 0.05) is 75.2 Å². The van der Waals surface area contributed by atoms with Gasteiger partial charge in [-0.15, -0.1) is 0 Å². The number of carbonyl (C=O) groups excluding carboxylic acids is 2. The number of H-pyrrole nitrogens is 2. The van der Waals surface area contributed by atoms with Crippen LogP contribution in [0, 0.1) is 27.7 Å². The number of benzene rings is 4. The summed E-state index contributed by atoms with van der Waals surface area (Å²) in [5.41, 5.74) is 20.2. The molecule has 0 spiro atoms. The number of aromatic nitrogens is 8. The Kier molecular flexibility index (Phi) is 12.9. The molecule has 65 heavy (non-hydrogen) atoms. The van der Waals surface area contributed by atoms with Crippen molar-refractivity contribution in [3.63, 3.8) is 0 Å². The first-order valence-electron chi connectivity index (χ1n) is 21.3. The van der Waals surface area contributed by atoms with Gasteiger partial charge in [0.05, 0.1) is 10.8 Å². The number of nitrogens with zero attached hydrogens (tertiary/aromatic N) is 8. The van der Waals surface area contributed by atoms with Crippen LogP contribution in [0.5, 0.6) is 0 Å². The number of nitrogens with two attached hydrogens (primary N) is 1. The van der Waals surface area contributed by atoms with Crippen molar-refractivity contribution in [2.24, 2.45) is 0 Å². The number of nitrogen functional groups attached to an aromatic ring is 1. The van der Waals surface area contributed by atoms with Crippen LogP contribution in [0.15, 0.2) is 85.2 Å². The Morgan fingerprint density at radius 2 is 1.12 bits per heavy atom. The number of hydrogen-bond donors (Lipinski definition) is 6. The van der Waals surface area contributed by atoms with E-state index in [0.29, 0.717) is 30.3 Å². The van der Waals surface area contributed by atoms with Gasteiger partial charge in [0.1, 0.15) is 11.6 Å². The van der Waals surface area contributed by atoms with E-state index in [1.54, 1.807) is 26.2 Å². The molecule has 17 heteroatoms. The summed E-state index contributed by atoms with van der Waals surface area (Å²) in [6.07, 6.45) is 5.24. The average Bonchev–Trinajstić information content (AvgIpc) is 3.88. The molecule has 0 bridgehead atoms. The third-order valence-corrected chi connectivity index (χ3v) is 11.8. The van der Waals surface area contributed by atoms with E-state index in [0.717, 1.165) is 98.9 Å². The minimum absolute atomic E-state index is 0.103. The first kappa shape index (κ1) is 44.0. The van der Waals surface area contributed by atoms with E-state index in [1.807, 2.05) is 40.1 Å². The SMILES string of the molecule is CC(=O)N1CCc2ccc(N)cc2C1.CC(=O)N1CCc2ccc(Nc3ncc4c(Nc5c(C)cccc5C)[nH]nc4n3)cc2C1.Cc1cccc(C)c1Nc1[nH]nc2nc(Cl)ncc12. The van der Waals surface area contributed by atoms with Crippen molar-refractivity contribution in [2.45, 2.75) is 67.5 Å². The summed E-state index contributed by atoms with van der Waals surface area (Å²) in [5, 5.41) is 26.3. The van der Waals surface area contributed by atoms with Crippen molar-refractivity contribution in [3.8, 4) is 0 Å². The number of rotatable bonds is 6. The van der Waals surface area contributed by atoms with Crippen LogP contribution in [-0.2, 0) is 35.5 Å². The Bertz CT molecular complexity index is 3010. The second-order valence-electron chi connectivity index (χ2n) is 16.3. The Labute approximate surface area is 381 Å². The van der Waals surface area contributed by atoms with Crippen LogP contribution in [0.1, 0.15) is 58.4 Å². The van der Waals surface area contributed by atoms with Crippen LogP contribution in [0.3, 0.4) is 0 Å². The lowest BCUT2D eigenvalue weighted by Crippen LogP contribution is -2.34. The van der Waals surface area contributed by atoms with Gasteiger partial charge < -0.3 is 31.5 Å². The van der Waals surface area contributed by atoms with E-state index < -0.39 is 0 Å². The molecule has 0 atom stereocenters. The van der Waals surface area contributed by atoms with E-state index in [1.165, 1.54) is 16.7 Å². The zero-order valence-corrected chi connectivity index (χ0v) is 37.9. The normalized spacial score (nSPS) is 12.9. The van der Waals surface area contributed by atoms with Crippen molar-refractivity contribution < 1.29 is 9.59 Å². The summed E-state index contributed by atoms with van der Waals surface area (Å²) in [5.74, 6) is 2.25. The lowest BCUT2D eigenvalue weighted by atomic mass is 9.99. The van der Waals surface area contributed by atoms with Gasteiger partial charge in [-0.1, -0.05) is 48.5 Å². The summed E-state index contributed by atoms with van der Waals surface area (Å²) in [4.78, 5) is 43.7. The fraction of sp³-hybridized carbons (Fsp3) is 0.250. The van der Waals surface area contributed by atoms with Crippen molar-refractivity contribution in [1.29, 1.82) is 0 Å². The summed E-state index contributed by atoms with van der Waals surface area (Å²) < 4.78 is 0. The average molecular weight is 891 g/mol. The maximum absolute atomic E-state index is 11.7. The third-order valence-electron chi connectivity index (χ3n) is 11.7. The summed E-state index contributed by atoms with van der Waals surface area (Å²) in [7, 11) is 0. The molecule has 4 aromatic heterocycles. The first-order chi connectivity index (χ1) is 31.3. The molecule has 7 N–H and O–H groups in total. The highest BCUT2D eigenvalue weighted by Crippen LogP contribution is 2.30. The second kappa shape index (κ2) is 19.0. The Morgan fingerprint density at radius 3 is 1.66 bits per heavy atom. The molecule has 0 unspecified atom stereocenters. The monoisotopic (exact) mass is 890 g/mol. The van der Waals surface area contributed by atoms with Gasteiger partial charge in [-0.2, -0.15) is 20.2 Å². The zero-order valence-electron chi connectivity index (χ0n) is 37.2. The van der Waals surface area contributed by atoms with Crippen LogP contribution in [0.4, 0.5) is 40.3 Å². The molecule has 0 saturated carbocycles. The van der Waals surface area contributed by atoms with Gasteiger partial charge in [0.25, 0.3) is 0 Å². The molecule has 2 aliphatic rings. The molecule has 0 radical (unpaired) electrons. The minimum atomic E-state index is 0.103. The molecule has 0 saturated heterocycles. The largest absolute Gasteiger partial charge is 0.399 e. The van der Waals surface area contributed by atoms with Crippen LogP contribution in [0.25, 0.3) is 22.1 Å². The predicted octanol–water partition coefficient (Wildman–Crippen LogP) is 8.90. The van der Waals surface area contributed by atoms with Gasteiger partial charge in [0.15, 0.2) is 11.3 Å². The van der Waals surface area contributed by atoms with E-state index in [4.69, 9.17) is 17.3 Å². The van der Waals surface area contributed by atoms with E-state index in [-0.39, 0.29) is 17.1 Å². The molecule has 4 aromatic carbocycles. The Hall–Kier alpha value is -7.59. The van der Waals surface area contributed by atoms with Crippen molar-refractivity contribution in [1.82, 2.24) is 50.1 Å². The number of hydrogen-bond acceptors (Lipinski definition) is 12. The highest BCUT2D eigenvalue weighted by molar-refractivity contribution is 6.28. The zero-order chi connectivity index (χ0) is 45.8. The number of amides is 2. The number of fused-ring (bicyclic) bond motifs is 4. The summed E-state index contributed by atoms with van der Waals surface area (Å²) in [6.45, 7) is 14.4. The smallest absolute Gasteiger partial charge is 0.229 e. The first-order valence-corrected chi connectivity index (χ1v) is 21.7. The third kappa shape index (κ3) is 10.1. The Morgan fingerprint density at radius 1 is 0.631 bits per heavy atom. The van der Waals surface area contributed by atoms with Crippen LogP contribution < -0.4 is 21.7 Å². The fourth-order valence-electron chi connectivity index (χ4n) is 7.99. The Balaban J connectivity index is 0.000000147. The maximum atomic E-state index is 11.7. The molecule has 2 aliphatic heterocycles. The second-order valence-corrected chi connectivity index (χ2v) is 16.6. The number of aromatic amines is 2. The molecular formula is C48H51ClN14O2. The number of halogens is 1. The van der Waals surface area contributed by atoms with Gasteiger partial charge >= 0.3 is 0 Å². The van der Waals surface area contributed by atoms with Crippen LogP contribution in [0.2, 0.25) is 5.28 Å².